The highest BCUT2D eigenvalue weighted by Crippen LogP contribution is 2.30. The van der Waals surface area contributed by atoms with E-state index in [1.54, 1.807) is 4.80 Å². The van der Waals surface area contributed by atoms with E-state index in [1.807, 2.05) is 19.1 Å². The molecule has 0 bridgehead atoms. The van der Waals surface area contributed by atoms with Crippen molar-refractivity contribution in [2.24, 2.45) is 5.92 Å². The van der Waals surface area contributed by atoms with Gasteiger partial charge in [-0.25, -0.2) is 0 Å². The number of rotatable bonds is 5. The number of aromatic nitrogens is 4. The topological polar surface area (TPSA) is 64.9 Å². The fourth-order valence-electron chi connectivity index (χ4n) is 2.97. The minimum atomic E-state index is 0.121. The third kappa shape index (κ3) is 3.21. The summed E-state index contributed by atoms with van der Waals surface area (Å²) in [5.74, 6) is 1.37. The highest BCUT2D eigenvalue weighted by molar-refractivity contribution is 5.29. The van der Waals surface area contributed by atoms with E-state index in [-0.39, 0.29) is 6.04 Å². The lowest BCUT2D eigenvalue weighted by molar-refractivity contribution is 0.261. The van der Waals surface area contributed by atoms with Crippen LogP contribution in [-0.2, 0) is 0 Å². The first-order valence-corrected chi connectivity index (χ1v) is 7.54. The molecule has 21 heavy (non-hydrogen) atoms. The molecule has 0 radical (unpaired) electrons. The summed E-state index contributed by atoms with van der Waals surface area (Å²) < 4.78 is 5.51. The van der Waals surface area contributed by atoms with Gasteiger partial charge < -0.3 is 10.1 Å². The smallest absolute Gasteiger partial charge is 0.162 e. The van der Waals surface area contributed by atoms with Crippen LogP contribution >= 0.6 is 0 Å². The molecule has 1 aliphatic rings. The second-order valence-electron chi connectivity index (χ2n) is 5.31. The van der Waals surface area contributed by atoms with Crippen molar-refractivity contribution in [3.8, 4) is 5.75 Å². The van der Waals surface area contributed by atoms with E-state index in [9.17, 15) is 0 Å². The van der Waals surface area contributed by atoms with E-state index >= 15 is 0 Å². The molecule has 112 valence electrons. The van der Waals surface area contributed by atoms with Crippen molar-refractivity contribution in [1.29, 1.82) is 0 Å². The van der Waals surface area contributed by atoms with Gasteiger partial charge in [-0.2, -0.15) is 4.80 Å². The summed E-state index contributed by atoms with van der Waals surface area (Å²) in [5, 5.41) is 15.7. The molecule has 6 nitrogen and oxygen atoms in total. The van der Waals surface area contributed by atoms with Gasteiger partial charge in [-0.3, -0.25) is 0 Å². The van der Waals surface area contributed by atoms with Gasteiger partial charge in [-0.1, -0.05) is 12.1 Å². The average molecular weight is 287 g/mol. The van der Waals surface area contributed by atoms with Crippen molar-refractivity contribution in [3.63, 3.8) is 0 Å². The predicted molar refractivity (Wildman–Crippen MR) is 79.2 cm³/mol. The van der Waals surface area contributed by atoms with Crippen LogP contribution in [0.1, 0.15) is 31.4 Å². The number of ether oxygens (including phenoxy) is 1. The number of benzene rings is 1. The third-order valence-corrected chi connectivity index (χ3v) is 3.93. The summed E-state index contributed by atoms with van der Waals surface area (Å²) in [6.07, 6.45) is 3.86. The predicted octanol–water partition coefficient (Wildman–Crippen LogP) is 1.66. The molecule has 0 unspecified atom stereocenters. The lowest BCUT2D eigenvalue weighted by Gasteiger charge is -2.30. The molecule has 6 heteroatoms. The van der Waals surface area contributed by atoms with Crippen molar-refractivity contribution in [3.05, 3.63) is 36.2 Å². The summed E-state index contributed by atoms with van der Waals surface area (Å²) in [5.41, 5.74) is 1.20. The molecule has 0 amide bonds. The minimum absolute atomic E-state index is 0.121. The van der Waals surface area contributed by atoms with Crippen molar-refractivity contribution < 1.29 is 4.74 Å². The Bertz CT molecular complexity index is 534. The molecule has 1 aromatic carbocycles. The molecular formula is C15H21N5O. The Balaban J connectivity index is 1.87. The first-order valence-electron chi connectivity index (χ1n) is 7.54. The lowest BCUT2D eigenvalue weighted by atomic mass is 9.87. The van der Waals surface area contributed by atoms with E-state index in [0.29, 0.717) is 12.5 Å². The van der Waals surface area contributed by atoms with Crippen LogP contribution in [-0.4, -0.2) is 39.9 Å². The van der Waals surface area contributed by atoms with E-state index in [0.717, 1.165) is 18.8 Å². The standard InChI is InChI=1S/C15H21N5O/c1-2-21-14-7-5-12(6-8-14)15(20-18-11-17-19-20)13-4-3-9-16-10-13/h5-8,11,13,15-16H,2-4,9-10H2,1H3/t13-,15+/m0/s1. The molecule has 3 rings (SSSR count). The molecule has 2 aromatic rings. The van der Waals surface area contributed by atoms with E-state index in [4.69, 9.17) is 4.74 Å². The molecule has 1 aliphatic heterocycles. The first kappa shape index (κ1) is 14.0. The van der Waals surface area contributed by atoms with Gasteiger partial charge in [0.2, 0.25) is 0 Å². The Morgan fingerprint density at radius 1 is 1.38 bits per heavy atom. The van der Waals surface area contributed by atoms with Gasteiger partial charge in [0.15, 0.2) is 6.33 Å². The Morgan fingerprint density at radius 3 is 2.86 bits per heavy atom. The highest BCUT2D eigenvalue weighted by Gasteiger charge is 2.28. The number of nitrogens with one attached hydrogen (secondary N) is 1. The van der Waals surface area contributed by atoms with Crippen molar-refractivity contribution in [1.82, 2.24) is 25.5 Å². The van der Waals surface area contributed by atoms with Crippen molar-refractivity contribution in [2.45, 2.75) is 25.8 Å². The summed E-state index contributed by atoms with van der Waals surface area (Å²) in [6.45, 7) is 4.75. The van der Waals surface area contributed by atoms with E-state index in [2.05, 4.69) is 32.9 Å². The second-order valence-corrected chi connectivity index (χ2v) is 5.31. The molecule has 2 heterocycles. The zero-order valence-electron chi connectivity index (χ0n) is 12.3. The molecule has 0 spiro atoms. The number of tetrazole rings is 1. The van der Waals surface area contributed by atoms with Crippen LogP contribution in [0.3, 0.4) is 0 Å². The summed E-state index contributed by atoms with van der Waals surface area (Å²) in [7, 11) is 0. The zero-order chi connectivity index (χ0) is 14.5. The van der Waals surface area contributed by atoms with E-state index in [1.165, 1.54) is 24.7 Å². The maximum atomic E-state index is 5.51. The van der Waals surface area contributed by atoms with Gasteiger partial charge in [0.25, 0.3) is 0 Å². The van der Waals surface area contributed by atoms with Crippen LogP contribution in [0.2, 0.25) is 0 Å². The van der Waals surface area contributed by atoms with Crippen LogP contribution < -0.4 is 10.1 Å². The average Bonchev–Trinajstić information content (AvgIpc) is 3.05. The van der Waals surface area contributed by atoms with E-state index < -0.39 is 0 Å². The zero-order valence-corrected chi connectivity index (χ0v) is 12.3. The Labute approximate surface area is 124 Å². The minimum Gasteiger partial charge on any atom is -0.494 e. The Kier molecular flexibility index (Phi) is 4.45. The van der Waals surface area contributed by atoms with Crippen LogP contribution in [0.4, 0.5) is 0 Å². The van der Waals surface area contributed by atoms with Gasteiger partial charge in [0.1, 0.15) is 11.8 Å². The quantitative estimate of drug-likeness (QED) is 0.906. The van der Waals surface area contributed by atoms with Crippen molar-refractivity contribution >= 4 is 0 Å². The van der Waals surface area contributed by atoms with Crippen LogP contribution in [0.15, 0.2) is 30.6 Å². The molecule has 0 aliphatic carbocycles. The highest BCUT2D eigenvalue weighted by atomic mass is 16.5. The van der Waals surface area contributed by atoms with Crippen LogP contribution in [0.5, 0.6) is 5.75 Å². The maximum Gasteiger partial charge on any atom is 0.162 e. The summed E-state index contributed by atoms with van der Waals surface area (Å²) in [4.78, 5) is 1.73. The Hall–Kier alpha value is -1.95. The maximum absolute atomic E-state index is 5.51. The number of piperidine rings is 1. The van der Waals surface area contributed by atoms with Gasteiger partial charge in [-0.15, -0.1) is 10.2 Å². The molecule has 1 fully saturated rings. The van der Waals surface area contributed by atoms with Gasteiger partial charge in [-0.05, 0) is 55.1 Å². The van der Waals surface area contributed by atoms with Crippen LogP contribution in [0.25, 0.3) is 0 Å². The SMILES string of the molecule is CCOc1ccc([C@H]([C@H]2CCCNC2)n2ncnn2)cc1. The summed E-state index contributed by atoms with van der Waals surface area (Å²) in [6, 6.07) is 8.36. The molecule has 2 atom stereocenters. The fraction of sp³-hybridized carbons (Fsp3) is 0.533. The summed E-state index contributed by atoms with van der Waals surface area (Å²) >= 11 is 0. The molecule has 1 N–H and O–H groups in total. The molecule has 0 saturated carbocycles. The van der Waals surface area contributed by atoms with Crippen molar-refractivity contribution in [2.75, 3.05) is 19.7 Å². The normalized spacial score (nSPS) is 20.1. The number of nitrogens with zero attached hydrogens (tertiary/aromatic N) is 4. The second kappa shape index (κ2) is 6.67. The fourth-order valence-corrected chi connectivity index (χ4v) is 2.97. The molecule has 1 saturated heterocycles. The number of hydrogen-bond donors (Lipinski definition) is 1. The van der Waals surface area contributed by atoms with Gasteiger partial charge in [0.05, 0.1) is 6.61 Å². The lowest BCUT2D eigenvalue weighted by Crippen LogP contribution is -2.36. The van der Waals surface area contributed by atoms with Gasteiger partial charge >= 0.3 is 0 Å². The molecule has 1 aromatic heterocycles. The number of hydrogen-bond acceptors (Lipinski definition) is 5. The monoisotopic (exact) mass is 287 g/mol. The van der Waals surface area contributed by atoms with Gasteiger partial charge in [0, 0.05) is 6.54 Å². The Morgan fingerprint density at radius 2 is 2.24 bits per heavy atom. The first-order chi connectivity index (χ1) is 10.4. The third-order valence-electron chi connectivity index (χ3n) is 3.93. The largest absolute Gasteiger partial charge is 0.494 e. The molecular weight excluding hydrogens is 266 g/mol. The van der Waals surface area contributed by atoms with Crippen LogP contribution in [0, 0.1) is 5.92 Å².